The molecule has 1 heterocycles. The van der Waals surface area contributed by atoms with Crippen LogP contribution >= 0.6 is 11.6 Å². The number of halogens is 1. The Morgan fingerprint density at radius 2 is 1.77 bits per heavy atom. The molecule has 3 aromatic rings. The summed E-state index contributed by atoms with van der Waals surface area (Å²) in [6.45, 7) is 5.64. The monoisotopic (exact) mass is 433 g/mol. The van der Waals surface area contributed by atoms with Crippen LogP contribution in [0.25, 0.3) is 11.8 Å². The summed E-state index contributed by atoms with van der Waals surface area (Å²) in [5.41, 5.74) is 4.81. The lowest BCUT2D eigenvalue weighted by atomic mass is 10.1. The fraction of sp³-hybridized carbons (Fsp3) is 0.125. The Kier molecular flexibility index (Phi) is 6.28. The van der Waals surface area contributed by atoms with Gasteiger partial charge < -0.3 is 15.0 Å². The molecule has 0 saturated heterocycles. The number of rotatable bonds is 5. The normalized spacial score (nSPS) is 11.1. The second kappa shape index (κ2) is 8.90. The van der Waals surface area contributed by atoms with Crippen LogP contribution in [-0.2, 0) is 4.79 Å². The number of benzene rings is 2. The fourth-order valence-corrected chi connectivity index (χ4v) is 3.51. The number of carboxylic acids is 1. The molecule has 0 bridgehead atoms. The number of carbonyl (C=O) groups excluding carboxylic acids is 1. The summed E-state index contributed by atoms with van der Waals surface area (Å²) in [5, 5.41) is 22.0. The molecule has 0 spiro atoms. The minimum absolute atomic E-state index is 0.0341. The molecular weight excluding hydrogens is 414 g/mol. The lowest BCUT2D eigenvalue weighted by molar-refractivity contribution is -0.112. The third-order valence-corrected chi connectivity index (χ3v) is 5.17. The summed E-state index contributed by atoms with van der Waals surface area (Å²) < 4.78 is 1.97. The number of nitrogens with one attached hydrogen (secondary N) is 1. The molecule has 156 valence electrons. The Bertz CT molecular complexity index is 1250. The number of nitrogens with zero attached hydrogens (tertiary/aromatic N) is 2. The second-order valence-corrected chi connectivity index (χ2v) is 7.54. The summed E-state index contributed by atoms with van der Waals surface area (Å²) in [5.74, 6) is -1.50. The van der Waals surface area contributed by atoms with Gasteiger partial charge >= 0.3 is 5.97 Å². The molecule has 6 nitrogen and oxygen atoms in total. The molecular formula is C24H20ClN3O3. The number of hydrogen-bond acceptors (Lipinski definition) is 3. The van der Waals surface area contributed by atoms with E-state index in [-0.39, 0.29) is 11.1 Å². The third-order valence-electron chi connectivity index (χ3n) is 4.92. The molecule has 0 aliphatic rings. The molecule has 2 aromatic carbocycles. The molecule has 1 aromatic heterocycles. The minimum Gasteiger partial charge on any atom is -0.478 e. The average molecular weight is 434 g/mol. The molecule has 3 rings (SSSR count). The van der Waals surface area contributed by atoms with Gasteiger partial charge in [-0.05, 0) is 86.5 Å². The van der Waals surface area contributed by atoms with Gasteiger partial charge in [0.2, 0.25) is 0 Å². The molecule has 0 atom stereocenters. The van der Waals surface area contributed by atoms with Crippen molar-refractivity contribution in [3.63, 3.8) is 0 Å². The number of anilines is 1. The summed E-state index contributed by atoms with van der Waals surface area (Å²) in [6, 6.07) is 15.4. The van der Waals surface area contributed by atoms with Crippen LogP contribution in [0.5, 0.6) is 0 Å². The lowest BCUT2D eigenvalue weighted by Gasteiger charge is -2.13. The van der Waals surface area contributed by atoms with Gasteiger partial charge in [-0.15, -0.1) is 0 Å². The number of carboxylic acid groups (broad SMARTS) is 1. The number of amides is 1. The zero-order valence-electron chi connectivity index (χ0n) is 17.2. The maximum atomic E-state index is 12.6. The molecule has 7 heteroatoms. The smallest absolute Gasteiger partial charge is 0.335 e. The molecule has 0 radical (unpaired) electrons. The number of carbonyl (C=O) groups is 2. The fourth-order valence-electron chi connectivity index (χ4n) is 3.38. The Morgan fingerprint density at radius 3 is 2.35 bits per heavy atom. The van der Waals surface area contributed by atoms with Gasteiger partial charge in [-0.25, -0.2) is 4.79 Å². The Balaban J connectivity index is 1.95. The molecule has 0 fully saturated rings. The SMILES string of the molecule is Cc1cc(C(=O)O)ccc1-n1c(C)cc(/C=C(\C#N)C(=O)Nc2ccc(Cl)cc2)c1C. The van der Waals surface area contributed by atoms with Gasteiger partial charge in [0, 0.05) is 27.8 Å². The van der Waals surface area contributed by atoms with Crippen LogP contribution in [0.15, 0.2) is 54.1 Å². The van der Waals surface area contributed by atoms with Crippen molar-refractivity contribution in [3.8, 4) is 11.8 Å². The van der Waals surface area contributed by atoms with Gasteiger partial charge in [0.1, 0.15) is 11.6 Å². The van der Waals surface area contributed by atoms with Crippen molar-refractivity contribution in [2.24, 2.45) is 0 Å². The first-order chi connectivity index (χ1) is 14.7. The topological polar surface area (TPSA) is 95.1 Å². The summed E-state index contributed by atoms with van der Waals surface area (Å²) in [6.07, 6.45) is 1.55. The Hall–Kier alpha value is -3.82. The van der Waals surface area contributed by atoms with Gasteiger partial charge in [-0.3, -0.25) is 4.79 Å². The largest absolute Gasteiger partial charge is 0.478 e. The van der Waals surface area contributed by atoms with Gasteiger partial charge in [-0.1, -0.05) is 11.6 Å². The zero-order valence-corrected chi connectivity index (χ0v) is 18.0. The molecule has 31 heavy (non-hydrogen) atoms. The van der Waals surface area contributed by atoms with Crippen LogP contribution in [0, 0.1) is 32.1 Å². The molecule has 0 aliphatic carbocycles. The zero-order chi connectivity index (χ0) is 22.7. The number of aryl methyl sites for hydroxylation is 2. The van der Waals surface area contributed by atoms with Crippen molar-refractivity contribution in [1.82, 2.24) is 4.57 Å². The van der Waals surface area contributed by atoms with Crippen molar-refractivity contribution >= 4 is 35.2 Å². The molecule has 0 unspecified atom stereocenters. The van der Waals surface area contributed by atoms with Gasteiger partial charge in [0.15, 0.2) is 0 Å². The van der Waals surface area contributed by atoms with E-state index < -0.39 is 11.9 Å². The van der Waals surface area contributed by atoms with E-state index in [1.807, 2.05) is 37.5 Å². The minimum atomic E-state index is -0.982. The van der Waals surface area contributed by atoms with Crippen LogP contribution in [0.2, 0.25) is 5.02 Å². The first kappa shape index (κ1) is 21.9. The highest BCUT2D eigenvalue weighted by Gasteiger charge is 2.16. The van der Waals surface area contributed by atoms with Crippen molar-refractivity contribution in [2.45, 2.75) is 20.8 Å². The van der Waals surface area contributed by atoms with E-state index in [0.717, 1.165) is 28.2 Å². The third kappa shape index (κ3) is 4.68. The summed E-state index contributed by atoms with van der Waals surface area (Å²) in [4.78, 5) is 23.8. The number of aromatic nitrogens is 1. The standard InChI is InChI=1S/C24H20ClN3O3/c1-14-10-17(24(30)31)4-9-22(14)28-15(2)11-18(16(28)3)12-19(13-26)23(29)27-21-7-5-20(25)6-8-21/h4-12H,1-3H3,(H,27,29)(H,30,31)/b19-12+. The predicted molar refractivity (Wildman–Crippen MR) is 121 cm³/mol. The second-order valence-electron chi connectivity index (χ2n) is 7.10. The maximum Gasteiger partial charge on any atom is 0.335 e. The van der Waals surface area contributed by atoms with Gasteiger partial charge in [-0.2, -0.15) is 5.26 Å². The van der Waals surface area contributed by atoms with E-state index in [9.17, 15) is 20.0 Å². The van der Waals surface area contributed by atoms with E-state index in [0.29, 0.717) is 10.7 Å². The highest BCUT2D eigenvalue weighted by Crippen LogP contribution is 2.26. The van der Waals surface area contributed by atoms with Crippen LogP contribution in [0.3, 0.4) is 0 Å². The van der Waals surface area contributed by atoms with E-state index >= 15 is 0 Å². The van der Waals surface area contributed by atoms with E-state index in [2.05, 4.69) is 5.32 Å². The van der Waals surface area contributed by atoms with Crippen molar-refractivity contribution < 1.29 is 14.7 Å². The lowest BCUT2D eigenvalue weighted by Crippen LogP contribution is -2.13. The molecule has 2 N–H and O–H groups in total. The quantitative estimate of drug-likeness (QED) is 0.421. The van der Waals surface area contributed by atoms with Crippen LogP contribution in [-0.4, -0.2) is 21.6 Å². The molecule has 0 aliphatic heterocycles. The van der Waals surface area contributed by atoms with Crippen LogP contribution in [0.4, 0.5) is 5.69 Å². The van der Waals surface area contributed by atoms with Crippen LogP contribution < -0.4 is 5.32 Å². The Morgan fingerprint density at radius 1 is 1.10 bits per heavy atom. The van der Waals surface area contributed by atoms with E-state index in [4.69, 9.17) is 11.6 Å². The number of aromatic carboxylic acids is 1. The summed E-state index contributed by atoms with van der Waals surface area (Å²) >= 11 is 5.86. The van der Waals surface area contributed by atoms with Crippen molar-refractivity contribution in [3.05, 3.63) is 87.2 Å². The van der Waals surface area contributed by atoms with Crippen molar-refractivity contribution in [1.29, 1.82) is 5.26 Å². The predicted octanol–water partition coefficient (Wildman–Crippen LogP) is 5.30. The number of hydrogen-bond donors (Lipinski definition) is 2. The number of nitriles is 1. The first-order valence-electron chi connectivity index (χ1n) is 9.43. The molecule has 0 saturated carbocycles. The van der Waals surface area contributed by atoms with E-state index in [1.54, 1.807) is 48.5 Å². The average Bonchev–Trinajstić information content (AvgIpc) is 3.00. The summed E-state index contributed by atoms with van der Waals surface area (Å²) in [7, 11) is 0. The van der Waals surface area contributed by atoms with Crippen LogP contribution in [0.1, 0.15) is 32.9 Å². The Labute approximate surface area is 185 Å². The highest BCUT2D eigenvalue weighted by atomic mass is 35.5. The van der Waals surface area contributed by atoms with Gasteiger partial charge in [0.25, 0.3) is 5.91 Å². The van der Waals surface area contributed by atoms with Gasteiger partial charge in [0.05, 0.1) is 5.56 Å². The highest BCUT2D eigenvalue weighted by molar-refractivity contribution is 6.30. The van der Waals surface area contributed by atoms with Crippen molar-refractivity contribution in [2.75, 3.05) is 5.32 Å². The molecule has 1 amide bonds. The maximum absolute atomic E-state index is 12.6. The first-order valence-corrected chi connectivity index (χ1v) is 9.81. The van der Waals surface area contributed by atoms with E-state index in [1.165, 1.54) is 0 Å².